The number of fused-ring (bicyclic) bond motifs is 1. The van der Waals surface area contributed by atoms with Crippen LogP contribution in [0.3, 0.4) is 0 Å². The third-order valence-electron chi connectivity index (χ3n) is 4.98. The van der Waals surface area contributed by atoms with Crippen LogP contribution in [0.15, 0.2) is 72.8 Å². The van der Waals surface area contributed by atoms with Crippen LogP contribution < -0.4 is 14.8 Å². The minimum atomic E-state index is 0.183. The third kappa shape index (κ3) is 4.85. The average Bonchev–Trinajstić information content (AvgIpc) is 2.78. The Balaban J connectivity index is 1.53. The summed E-state index contributed by atoms with van der Waals surface area (Å²) in [7, 11) is 1.59. The van der Waals surface area contributed by atoms with Gasteiger partial charge in [0.25, 0.3) is 0 Å². The summed E-state index contributed by atoms with van der Waals surface area (Å²) in [5.41, 5.74) is 2.73. The maximum absolute atomic E-state index is 6.54. The van der Waals surface area contributed by atoms with Crippen molar-refractivity contribution < 1.29 is 9.47 Å². The molecular weight excluding hydrogens is 453 g/mol. The van der Waals surface area contributed by atoms with Gasteiger partial charge in [-0.3, -0.25) is 0 Å². The van der Waals surface area contributed by atoms with E-state index in [1.54, 1.807) is 25.3 Å². The first kappa shape index (κ1) is 21.6. The van der Waals surface area contributed by atoms with Gasteiger partial charge in [0.1, 0.15) is 6.61 Å². The molecule has 0 spiro atoms. The lowest BCUT2D eigenvalue weighted by molar-refractivity contribution is 0.284. The van der Waals surface area contributed by atoms with Gasteiger partial charge in [0, 0.05) is 33.2 Å². The zero-order valence-electron chi connectivity index (χ0n) is 16.8. The van der Waals surface area contributed by atoms with Crippen molar-refractivity contribution >= 4 is 51.3 Å². The van der Waals surface area contributed by atoms with E-state index in [4.69, 9.17) is 44.3 Å². The van der Waals surface area contributed by atoms with Crippen molar-refractivity contribution in [3.63, 3.8) is 0 Å². The second-order valence-electron chi connectivity index (χ2n) is 6.98. The fourth-order valence-electron chi connectivity index (χ4n) is 3.41. The molecule has 0 aliphatic carbocycles. The van der Waals surface area contributed by atoms with E-state index in [1.165, 1.54) is 10.8 Å². The zero-order chi connectivity index (χ0) is 21.8. The third-order valence-corrected chi connectivity index (χ3v) is 5.97. The largest absolute Gasteiger partial charge is 0.493 e. The summed E-state index contributed by atoms with van der Waals surface area (Å²) in [5.74, 6) is 0.999. The zero-order valence-corrected chi connectivity index (χ0v) is 19.1. The number of ether oxygens (including phenoxy) is 2. The highest BCUT2D eigenvalue weighted by Gasteiger charge is 2.14. The Labute approximate surface area is 196 Å². The molecule has 0 unspecified atom stereocenters. The lowest BCUT2D eigenvalue weighted by Gasteiger charge is -2.16. The van der Waals surface area contributed by atoms with Gasteiger partial charge in [-0.15, -0.1) is 0 Å². The van der Waals surface area contributed by atoms with E-state index < -0.39 is 0 Å². The number of nitrogens with one attached hydrogen (secondary N) is 1. The number of benzene rings is 4. The van der Waals surface area contributed by atoms with Crippen molar-refractivity contribution in [3.05, 3.63) is 99.0 Å². The Morgan fingerprint density at radius 1 is 0.806 bits per heavy atom. The van der Waals surface area contributed by atoms with Crippen LogP contribution in [0.5, 0.6) is 11.5 Å². The number of anilines is 1. The van der Waals surface area contributed by atoms with E-state index in [0.29, 0.717) is 38.7 Å². The summed E-state index contributed by atoms with van der Waals surface area (Å²) in [6, 6.07) is 23.6. The predicted octanol–water partition coefficient (Wildman–Crippen LogP) is 8.00. The number of rotatable bonds is 7. The molecule has 0 aromatic heterocycles. The molecule has 0 aliphatic heterocycles. The van der Waals surface area contributed by atoms with Gasteiger partial charge in [0.05, 0.1) is 12.1 Å². The Morgan fingerprint density at radius 2 is 1.52 bits per heavy atom. The van der Waals surface area contributed by atoms with E-state index in [9.17, 15) is 0 Å². The van der Waals surface area contributed by atoms with E-state index in [2.05, 4.69) is 29.6 Å². The molecule has 31 heavy (non-hydrogen) atoms. The van der Waals surface area contributed by atoms with Gasteiger partial charge >= 0.3 is 0 Å². The van der Waals surface area contributed by atoms with Crippen LogP contribution in [-0.4, -0.2) is 7.11 Å². The van der Waals surface area contributed by atoms with Crippen molar-refractivity contribution in [2.24, 2.45) is 0 Å². The van der Waals surface area contributed by atoms with Crippen molar-refractivity contribution in [2.45, 2.75) is 13.2 Å². The molecule has 158 valence electrons. The lowest BCUT2D eigenvalue weighted by Crippen LogP contribution is -2.03. The molecule has 0 aliphatic rings. The van der Waals surface area contributed by atoms with Crippen LogP contribution in [0.2, 0.25) is 15.1 Å². The number of hydrogen-bond donors (Lipinski definition) is 1. The summed E-state index contributed by atoms with van der Waals surface area (Å²) in [4.78, 5) is 0. The van der Waals surface area contributed by atoms with Crippen molar-refractivity contribution in [1.82, 2.24) is 0 Å². The highest BCUT2D eigenvalue weighted by atomic mass is 35.5. The van der Waals surface area contributed by atoms with Crippen LogP contribution in [0, 0.1) is 0 Å². The van der Waals surface area contributed by atoms with Crippen LogP contribution >= 0.6 is 34.8 Å². The summed E-state index contributed by atoms with van der Waals surface area (Å²) < 4.78 is 11.5. The molecule has 4 aromatic rings. The summed E-state index contributed by atoms with van der Waals surface area (Å²) in [6.07, 6.45) is 0. The summed E-state index contributed by atoms with van der Waals surface area (Å²) in [5, 5.41) is 7.37. The normalized spacial score (nSPS) is 10.8. The number of halogens is 3. The quantitative estimate of drug-likeness (QED) is 0.295. The Kier molecular flexibility index (Phi) is 6.77. The van der Waals surface area contributed by atoms with Gasteiger partial charge in [-0.05, 0) is 41.3 Å². The minimum absolute atomic E-state index is 0.183. The minimum Gasteiger partial charge on any atom is -0.493 e. The van der Waals surface area contributed by atoms with Crippen molar-refractivity contribution in [1.29, 1.82) is 0 Å². The molecule has 1 N–H and O–H groups in total. The number of hydrogen-bond acceptors (Lipinski definition) is 3. The SMILES string of the molecule is COc1cc(CNc2cccc3ccccc23)cc(Cl)c1OCc1c(Cl)cccc1Cl. The molecule has 4 aromatic carbocycles. The first-order valence-electron chi connectivity index (χ1n) is 9.70. The van der Waals surface area contributed by atoms with Crippen LogP contribution in [-0.2, 0) is 13.2 Å². The molecule has 0 heterocycles. The highest BCUT2D eigenvalue weighted by molar-refractivity contribution is 6.36. The van der Waals surface area contributed by atoms with Gasteiger partial charge in [0.2, 0.25) is 0 Å². The van der Waals surface area contributed by atoms with Crippen LogP contribution in [0.1, 0.15) is 11.1 Å². The highest BCUT2D eigenvalue weighted by Crippen LogP contribution is 2.38. The lowest BCUT2D eigenvalue weighted by atomic mass is 10.1. The standard InChI is InChI=1S/C25H20Cl3NO2/c1-30-24-13-16(14-29-23-11-4-7-17-6-2-3-8-18(17)23)12-22(28)25(24)31-15-19-20(26)9-5-10-21(19)27/h2-13,29H,14-15H2,1H3. The van der Waals surface area contributed by atoms with Gasteiger partial charge < -0.3 is 14.8 Å². The van der Waals surface area contributed by atoms with Gasteiger partial charge in [-0.25, -0.2) is 0 Å². The van der Waals surface area contributed by atoms with Gasteiger partial charge in [-0.2, -0.15) is 0 Å². The first-order valence-corrected chi connectivity index (χ1v) is 10.8. The monoisotopic (exact) mass is 471 g/mol. The molecule has 4 rings (SSSR count). The Bertz CT molecular complexity index is 1200. The maximum atomic E-state index is 6.54. The molecule has 0 saturated carbocycles. The van der Waals surface area contributed by atoms with E-state index >= 15 is 0 Å². The summed E-state index contributed by atoms with van der Waals surface area (Å²) >= 11 is 19.0. The molecule has 0 saturated heterocycles. The van der Waals surface area contributed by atoms with E-state index in [0.717, 1.165) is 11.3 Å². The maximum Gasteiger partial charge on any atom is 0.180 e. The topological polar surface area (TPSA) is 30.5 Å². The first-order chi connectivity index (χ1) is 15.1. The van der Waals surface area contributed by atoms with Crippen LogP contribution in [0.25, 0.3) is 10.8 Å². The fourth-order valence-corrected chi connectivity index (χ4v) is 4.20. The number of methoxy groups -OCH3 is 1. The fraction of sp³-hybridized carbons (Fsp3) is 0.120. The molecule has 3 nitrogen and oxygen atoms in total. The second kappa shape index (κ2) is 9.69. The molecular formula is C25H20Cl3NO2. The van der Waals surface area contributed by atoms with Gasteiger partial charge in [-0.1, -0.05) is 77.3 Å². The molecule has 0 amide bonds. The molecule has 0 radical (unpaired) electrons. The van der Waals surface area contributed by atoms with E-state index in [-0.39, 0.29) is 6.61 Å². The van der Waals surface area contributed by atoms with Crippen molar-refractivity contribution in [2.75, 3.05) is 12.4 Å². The molecule has 0 fully saturated rings. The Morgan fingerprint density at radius 3 is 2.29 bits per heavy atom. The van der Waals surface area contributed by atoms with Gasteiger partial charge in [0.15, 0.2) is 11.5 Å². The van der Waals surface area contributed by atoms with E-state index in [1.807, 2.05) is 30.3 Å². The Hall–Kier alpha value is -2.59. The predicted molar refractivity (Wildman–Crippen MR) is 130 cm³/mol. The average molecular weight is 473 g/mol. The molecule has 0 atom stereocenters. The van der Waals surface area contributed by atoms with Crippen molar-refractivity contribution in [3.8, 4) is 11.5 Å². The molecule has 6 heteroatoms. The smallest absolute Gasteiger partial charge is 0.180 e. The summed E-state index contributed by atoms with van der Waals surface area (Å²) in [6.45, 7) is 0.767. The van der Waals surface area contributed by atoms with Crippen LogP contribution in [0.4, 0.5) is 5.69 Å². The second-order valence-corrected chi connectivity index (χ2v) is 8.20. The molecule has 0 bridgehead atoms.